The summed E-state index contributed by atoms with van der Waals surface area (Å²) in [5.41, 5.74) is 2.12. The van der Waals surface area contributed by atoms with Gasteiger partial charge in [-0.1, -0.05) is 35.9 Å². The Labute approximate surface area is 113 Å². The van der Waals surface area contributed by atoms with Crippen molar-refractivity contribution in [1.29, 1.82) is 0 Å². The number of nitrogens with zero attached hydrogens (tertiary/aromatic N) is 1. The number of benzene rings is 2. The van der Waals surface area contributed by atoms with Gasteiger partial charge in [-0.05, 0) is 34.8 Å². The predicted octanol–water partition coefficient (Wildman–Crippen LogP) is 4.40. The first kappa shape index (κ1) is 11.7. The van der Waals surface area contributed by atoms with Crippen LogP contribution in [0.25, 0.3) is 22.0 Å². The molecule has 0 unspecified atom stereocenters. The number of nitro groups is 1. The van der Waals surface area contributed by atoms with Crippen molar-refractivity contribution in [2.24, 2.45) is 0 Å². The number of para-hydroxylation sites is 1. The first-order chi connectivity index (χ1) is 9.16. The van der Waals surface area contributed by atoms with E-state index < -0.39 is 4.92 Å². The Morgan fingerprint density at radius 2 is 1.74 bits per heavy atom. The highest BCUT2D eigenvalue weighted by Crippen LogP contribution is 2.37. The van der Waals surface area contributed by atoms with Crippen LogP contribution in [-0.4, -0.2) is 9.91 Å². The number of rotatable bonds is 2. The third-order valence-corrected chi connectivity index (χ3v) is 3.25. The molecule has 3 aromatic rings. The molecule has 0 aliphatic carbocycles. The highest BCUT2D eigenvalue weighted by atomic mass is 35.5. The Balaban J connectivity index is 2.34. The van der Waals surface area contributed by atoms with Gasteiger partial charge in [0.25, 0.3) is 0 Å². The predicted molar refractivity (Wildman–Crippen MR) is 75.4 cm³/mol. The number of hydrogen-bond acceptors (Lipinski definition) is 2. The van der Waals surface area contributed by atoms with E-state index in [1.165, 1.54) is 0 Å². The van der Waals surface area contributed by atoms with Gasteiger partial charge in [-0.3, -0.25) is 0 Å². The Kier molecular flexibility index (Phi) is 2.72. The molecule has 19 heavy (non-hydrogen) atoms. The zero-order valence-electron chi connectivity index (χ0n) is 9.76. The van der Waals surface area contributed by atoms with Crippen LogP contribution in [0.1, 0.15) is 0 Å². The molecule has 0 aliphatic heterocycles. The number of hydrogen-bond donors (Lipinski definition) is 1. The summed E-state index contributed by atoms with van der Waals surface area (Å²) in [6.45, 7) is 0. The molecule has 0 bridgehead atoms. The second kappa shape index (κ2) is 4.40. The van der Waals surface area contributed by atoms with Gasteiger partial charge in [0.2, 0.25) is 0 Å². The van der Waals surface area contributed by atoms with Gasteiger partial charge in [-0.15, -0.1) is 0 Å². The minimum Gasteiger partial charge on any atom is -0.358 e. The zero-order chi connectivity index (χ0) is 13.4. The Morgan fingerprint density at radius 1 is 1.05 bits per heavy atom. The molecule has 5 heteroatoms. The van der Waals surface area contributed by atoms with Gasteiger partial charge in [-0.2, -0.15) is 0 Å². The summed E-state index contributed by atoms with van der Waals surface area (Å²) in [6, 6.07) is 14.4. The van der Waals surface area contributed by atoms with Crippen molar-refractivity contribution in [1.82, 2.24) is 4.98 Å². The molecule has 1 N–H and O–H groups in total. The monoisotopic (exact) mass is 272 g/mol. The van der Waals surface area contributed by atoms with Gasteiger partial charge in [0, 0.05) is 10.4 Å². The number of aromatic nitrogens is 1. The normalized spacial score (nSPS) is 10.8. The molecule has 1 aromatic heterocycles. The van der Waals surface area contributed by atoms with E-state index in [1.54, 1.807) is 24.3 Å². The molecule has 0 atom stereocenters. The lowest BCUT2D eigenvalue weighted by Gasteiger charge is -2.00. The molecular weight excluding hydrogens is 264 g/mol. The molecule has 0 amide bonds. The fourth-order valence-corrected chi connectivity index (χ4v) is 2.30. The number of H-pyrrole nitrogens is 1. The number of fused-ring (bicyclic) bond motifs is 1. The van der Waals surface area contributed by atoms with E-state index in [0.29, 0.717) is 10.6 Å². The first-order valence-electron chi connectivity index (χ1n) is 5.68. The van der Waals surface area contributed by atoms with E-state index in [2.05, 4.69) is 4.98 Å². The third-order valence-electron chi connectivity index (χ3n) is 3.00. The lowest BCUT2D eigenvalue weighted by molar-refractivity contribution is -0.388. The molecule has 0 saturated carbocycles. The van der Waals surface area contributed by atoms with Gasteiger partial charge in [0.05, 0.1) is 5.56 Å². The molecule has 4 nitrogen and oxygen atoms in total. The standard InChI is InChI=1S/C14H9ClN2O2/c15-10-7-5-9(6-8-10)13-11-3-1-2-4-12(11)16-14(13)17(18)19/h1-8,16H. The van der Waals surface area contributed by atoms with E-state index in [-0.39, 0.29) is 5.82 Å². The second-order valence-electron chi connectivity index (χ2n) is 4.16. The van der Waals surface area contributed by atoms with Crippen molar-refractivity contribution >= 4 is 28.3 Å². The van der Waals surface area contributed by atoms with E-state index in [0.717, 1.165) is 16.5 Å². The zero-order valence-corrected chi connectivity index (χ0v) is 10.5. The number of nitrogens with one attached hydrogen (secondary N) is 1. The summed E-state index contributed by atoms with van der Waals surface area (Å²) in [7, 11) is 0. The third kappa shape index (κ3) is 1.96. The van der Waals surface area contributed by atoms with Crippen LogP contribution < -0.4 is 0 Å². The lowest BCUT2D eigenvalue weighted by atomic mass is 10.0. The fourth-order valence-electron chi connectivity index (χ4n) is 2.17. The summed E-state index contributed by atoms with van der Waals surface area (Å²) in [5.74, 6) is 0.00326. The Morgan fingerprint density at radius 3 is 2.42 bits per heavy atom. The molecular formula is C14H9ClN2O2. The molecule has 0 saturated heterocycles. The topological polar surface area (TPSA) is 58.9 Å². The fraction of sp³-hybridized carbons (Fsp3) is 0. The maximum absolute atomic E-state index is 11.2. The van der Waals surface area contributed by atoms with Gasteiger partial charge >= 0.3 is 5.82 Å². The maximum Gasteiger partial charge on any atom is 0.329 e. The molecule has 0 spiro atoms. The van der Waals surface area contributed by atoms with Crippen LogP contribution >= 0.6 is 11.6 Å². The van der Waals surface area contributed by atoms with Crippen molar-refractivity contribution in [3.05, 3.63) is 63.7 Å². The molecule has 1 heterocycles. The summed E-state index contributed by atoms with van der Waals surface area (Å²) in [5, 5.41) is 12.6. The number of halogens is 1. The van der Waals surface area contributed by atoms with Crippen LogP contribution in [0, 0.1) is 10.1 Å². The smallest absolute Gasteiger partial charge is 0.329 e. The quantitative estimate of drug-likeness (QED) is 0.555. The van der Waals surface area contributed by atoms with Crippen LogP contribution in [0.5, 0.6) is 0 Å². The number of aromatic amines is 1. The lowest BCUT2D eigenvalue weighted by Crippen LogP contribution is -1.90. The van der Waals surface area contributed by atoms with E-state index >= 15 is 0 Å². The largest absolute Gasteiger partial charge is 0.358 e. The van der Waals surface area contributed by atoms with Crippen LogP contribution in [-0.2, 0) is 0 Å². The Hall–Kier alpha value is -2.33. The summed E-state index contributed by atoms with van der Waals surface area (Å²) >= 11 is 5.85. The first-order valence-corrected chi connectivity index (χ1v) is 6.05. The molecule has 0 radical (unpaired) electrons. The molecule has 2 aromatic carbocycles. The molecule has 0 fully saturated rings. The minimum atomic E-state index is -0.399. The van der Waals surface area contributed by atoms with Crippen LogP contribution in [0.2, 0.25) is 5.02 Å². The van der Waals surface area contributed by atoms with E-state index in [9.17, 15) is 10.1 Å². The van der Waals surface area contributed by atoms with Crippen molar-refractivity contribution in [2.45, 2.75) is 0 Å². The highest BCUT2D eigenvalue weighted by Gasteiger charge is 2.21. The SMILES string of the molecule is O=[N+]([O-])c1[nH]c2ccccc2c1-c1ccc(Cl)cc1. The van der Waals surface area contributed by atoms with E-state index in [1.807, 2.05) is 24.3 Å². The van der Waals surface area contributed by atoms with Crippen LogP contribution in [0.15, 0.2) is 48.5 Å². The van der Waals surface area contributed by atoms with Crippen molar-refractivity contribution in [3.8, 4) is 11.1 Å². The molecule has 3 rings (SSSR count). The van der Waals surface area contributed by atoms with Crippen LogP contribution in [0.4, 0.5) is 5.82 Å². The Bertz CT molecular complexity index is 763. The minimum absolute atomic E-state index is 0.00326. The second-order valence-corrected chi connectivity index (χ2v) is 4.59. The van der Waals surface area contributed by atoms with Gasteiger partial charge in [0.1, 0.15) is 5.52 Å². The molecule has 94 valence electrons. The van der Waals surface area contributed by atoms with Gasteiger partial charge < -0.3 is 10.1 Å². The van der Waals surface area contributed by atoms with Crippen molar-refractivity contribution in [2.75, 3.05) is 0 Å². The maximum atomic E-state index is 11.2. The van der Waals surface area contributed by atoms with Crippen molar-refractivity contribution < 1.29 is 4.92 Å². The average molecular weight is 273 g/mol. The van der Waals surface area contributed by atoms with Gasteiger partial charge in [0.15, 0.2) is 0 Å². The molecule has 0 aliphatic rings. The van der Waals surface area contributed by atoms with Gasteiger partial charge in [-0.25, -0.2) is 4.98 Å². The summed E-state index contributed by atoms with van der Waals surface area (Å²) in [6.07, 6.45) is 0. The van der Waals surface area contributed by atoms with Crippen molar-refractivity contribution in [3.63, 3.8) is 0 Å². The van der Waals surface area contributed by atoms with Crippen LogP contribution in [0.3, 0.4) is 0 Å². The summed E-state index contributed by atoms with van der Waals surface area (Å²) < 4.78 is 0. The summed E-state index contributed by atoms with van der Waals surface area (Å²) in [4.78, 5) is 13.6. The average Bonchev–Trinajstić information content (AvgIpc) is 2.79. The van der Waals surface area contributed by atoms with E-state index in [4.69, 9.17) is 11.6 Å². The highest BCUT2D eigenvalue weighted by molar-refractivity contribution is 6.30.